The Morgan fingerprint density at radius 2 is 1.92 bits per heavy atom. The Morgan fingerprint density at radius 3 is 2.46 bits per heavy atom. The van der Waals surface area contributed by atoms with E-state index in [0.29, 0.717) is 19.4 Å². The van der Waals surface area contributed by atoms with Crippen LogP contribution in [0.25, 0.3) is 0 Å². The smallest absolute Gasteiger partial charge is 0.243 e. The molecule has 2 N–H and O–H groups in total. The number of benzene rings is 1. The molecule has 1 aliphatic rings. The van der Waals surface area contributed by atoms with Crippen LogP contribution in [0.3, 0.4) is 0 Å². The summed E-state index contributed by atoms with van der Waals surface area (Å²) < 4.78 is 0. The van der Waals surface area contributed by atoms with Crippen molar-refractivity contribution >= 4 is 11.8 Å². The number of carbonyl (C=O) groups excluding carboxylic acids is 2. The van der Waals surface area contributed by atoms with Gasteiger partial charge in [0.25, 0.3) is 0 Å². The summed E-state index contributed by atoms with van der Waals surface area (Å²) in [6.45, 7) is 6.33. The first-order valence-electron chi connectivity index (χ1n) is 8.72. The highest BCUT2D eigenvalue weighted by atomic mass is 16.3. The molecule has 1 heterocycles. The maximum atomic E-state index is 12.7. The first kappa shape index (κ1) is 18.5. The summed E-state index contributed by atoms with van der Waals surface area (Å²) in [5.74, 6) is -0.105. The van der Waals surface area contributed by atoms with Gasteiger partial charge in [0.1, 0.15) is 6.04 Å². The standard InChI is InChI=1S/C19H28N2O3/c1-13(2)18(21-11-7-10-17(21)23)19(24)20-14(3)16(22)12-15-8-5-4-6-9-15/h4-6,8-9,13-14,16,18,22H,7,10-12H2,1-3H3,(H,20,24). The number of nitrogens with zero attached hydrogens (tertiary/aromatic N) is 1. The molecule has 2 rings (SSSR count). The number of aliphatic hydroxyl groups is 1. The van der Waals surface area contributed by atoms with Gasteiger partial charge in [0.2, 0.25) is 11.8 Å². The molecular weight excluding hydrogens is 304 g/mol. The fourth-order valence-corrected chi connectivity index (χ4v) is 3.21. The van der Waals surface area contributed by atoms with Gasteiger partial charge < -0.3 is 15.3 Å². The molecule has 2 amide bonds. The summed E-state index contributed by atoms with van der Waals surface area (Å²) >= 11 is 0. The minimum Gasteiger partial charge on any atom is -0.391 e. The van der Waals surface area contributed by atoms with Gasteiger partial charge in [-0.25, -0.2) is 0 Å². The number of amides is 2. The highest BCUT2D eigenvalue weighted by Gasteiger charge is 2.35. The molecule has 1 fully saturated rings. The number of hydrogen-bond acceptors (Lipinski definition) is 3. The second-order valence-electron chi connectivity index (χ2n) is 6.93. The SMILES string of the molecule is CC(C)C(C(=O)NC(C)C(O)Cc1ccccc1)N1CCCC1=O. The zero-order valence-electron chi connectivity index (χ0n) is 14.7. The molecule has 0 spiro atoms. The third-order valence-corrected chi connectivity index (χ3v) is 4.58. The van der Waals surface area contributed by atoms with E-state index in [-0.39, 0.29) is 23.8 Å². The van der Waals surface area contributed by atoms with E-state index in [4.69, 9.17) is 0 Å². The summed E-state index contributed by atoms with van der Waals surface area (Å²) in [5.41, 5.74) is 1.03. The van der Waals surface area contributed by atoms with E-state index in [9.17, 15) is 14.7 Å². The number of nitrogens with one attached hydrogen (secondary N) is 1. The maximum Gasteiger partial charge on any atom is 0.243 e. The van der Waals surface area contributed by atoms with Gasteiger partial charge in [-0.1, -0.05) is 44.2 Å². The van der Waals surface area contributed by atoms with Crippen molar-refractivity contribution in [3.05, 3.63) is 35.9 Å². The molecule has 3 unspecified atom stereocenters. The second kappa shape index (κ2) is 8.29. The average molecular weight is 332 g/mol. The fraction of sp³-hybridized carbons (Fsp3) is 0.579. The highest BCUT2D eigenvalue weighted by molar-refractivity contribution is 5.89. The summed E-state index contributed by atoms with van der Waals surface area (Å²) in [6, 6.07) is 8.86. The van der Waals surface area contributed by atoms with Gasteiger partial charge in [0.05, 0.1) is 12.1 Å². The Hall–Kier alpha value is -1.88. The zero-order chi connectivity index (χ0) is 17.7. The van der Waals surface area contributed by atoms with Gasteiger partial charge in [-0.15, -0.1) is 0 Å². The average Bonchev–Trinajstić information content (AvgIpc) is 2.94. The summed E-state index contributed by atoms with van der Waals surface area (Å²) in [4.78, 5) is 26.3. The van der Waals surface area contributed by atoms with Crippen molar-refractivity contribution in [3.63, 3.8) is 0 Å². The lowest BCUT2D eigenvalue weighted by Crippen LogP contribution is -2.54. The topological polar surface area (TPSA) is 69.6 Å². The maximum absolute atomic E-state index is 12.7. The van der Waals surface area contributed by atoms with Gasteiger partial charge in [0.15, 0.2) is 0 Å². The van der Waals surface area contributed by atoms with Crippen LogP contribution >= 0.6 is 0 Å². The third kappa shape index (κ3) is 4.57. The van der Waals surface area contributed by atoms with Crippen LogP contribution in [0.2, 0.25) is 0 Å². The van der Waals surface area contributed by atoms with Crippen LogP contribution in [0.4, 0.5) is 0 Å². The Morgan fingerprint density at radius 1 is 1.25 bits per heavy atom. The monoisotopic (exact) mass is 332 g/mol. The molecule has 24 heavy (non-hydrogen) atoms. The predicted molar refractivity (Wildman–Crippen MR) is 93.3 cm³/mol. The molecule has 1 aliphatic heterocycles. The first-order chi connectivity index (χ1) is 11.4. The van der Waals surface area contributed by atoms with Crippen LogP contribution in [0.1, 0.15) is 39.2 Å². The van der Waals surface area contributed by atoms with Crippen molar-refractivity contribution in [2.75, 3.05) is 6.54 Å². The number of carbonyl (C=O) groups is 2. The van der Waals surface area contributed by atoms with E-state index in [1.807, 2.05) is 44.2 Å². The van der Waals surface area contributed by atoms with Crippen molar-refractivity contribution in [2.24, 2.45) is 5.92 Å². The molecule has 0 aromatic heterocycles. The number of aliphatic hydroxyl groups excluding tert-OH is 1. The van der Waals surface area contributed by atoms with Crippen LogP contribution in [0.15, 0.2) is 30.3 Å². The van der Waals surface area contributed by atoms with Gasteiger partial charge in [-0.2, -0.15) is 0 Å². The number of rotatable bonds is 7. The largest absolute Gasteiger partial charge is 0.391 e. The normalized spacial score (nSPS) is 18.5. The Balaban J connectivity index is 1.96. The molecule has 5 nitrogen and oxygen atoms in total. The van der Waals surface area contributed by atoms with Crippen LogP contribution in [-0.4, -0.2) is 46.6 Å². The van der Waals surface area contributed by atoms with Gasteiger partial charge in [-0.3, -0.25) is 9.59 Å². The molecular formula is C19H28N2O3. The minimum absolute atomic E-state index is 0.0329. The van der Waals surface area contributed by atoms with Crippen LogP contribution in [-0.2, 0) is 16.0 Å². The van der Waals surface area contributed by atoms with E-state index >= 15 is 0 Å². The molecule has 1 aromatic rings. The van der Waals surface area contributed by atoms with Crippen molar-refractivity contribution in [1.29, 1.82) is 0 Å². The summed E-state index contributed by atoms with van der Waals surface area (Å²) in [6.07, 6.45) is 1.14. The number of likely N-dealkylation sites (tertiary alicyclic amines) is 1. The number of hydrogen-bond donors (Lipinski definition) is 2. The van der Waals surface area contributed by atoms with Crippen molar-refractivity contribution in [3.8, 4) is 0 Å². The minimum atomic E-state index is -0.668. The van der Waals surface area contributed by atoms with E-state index < -0.39 is 12.1 Å². The lowest BCUT2D eigenvalue weighted by molar-refractivity contribution is -0.139. The van der Waals surface area contributed by atoms with Gasteiger partial charge in [-0.05, 0) is 24.8 Å². The Labute approximate surface area is 144 Å². The van der Waals surface area contributed by atoms with Crippen molar-refractivity contribution in [2.45, 2.75) is 58.2 Å². The second-order valence-corrected chi connectivity index (χ2v) is 6.93. The quantitative estimate of drug-likeness (QED) is 0.799. The lowest BCUT2D eigenvalue weighted by atomic mass is 9.99. The third-order valence-electron chi connectivity index (χ3n) is 4.58. The molecule has 1 aromatic carbocycles. The Bertz CT molecular complexity index is 559. The summed E-state index contributed by atoms with van der Waals surface area (Å²) in [7, 11) is 0. The first-order valence-corrected chi connectivity index (χ1v) is 8.72. The molecule has 0 bridgehead atoms. The van der Waals surface area contributed by atoms with Gasteiger partial charge >= 0.3 is 0 Å². The van der Waals surface area contributed by atoms with Crippen molar-refractivity contribution in [1.82, 2.24) is 10.2 Å². The van der Waals surface area contributed by atoms with Gasteiger partial charge in [0, 0.05) is 19.4 Å². The van der Waals surface area contributed by atoms with E-state index in [0.717, 1.165) is 12.0 Å². The van der Waals surface area contributed by atoms with Crippen molar-refractivity contribution < 1.29 is 14.7 Å². The van der Waals surface area contributed by atoms with Crippen LogP contribution in [0.5, 0.6) is 0 Å². The molecule has 0 aliphatic carbocycles. The van der Waals surface area contributed by atoms with E-state index in [1.54, 1.807) is 11.8 Å². The molecule has 5 heteroatoms. The molecule has 3 atom stereocenters. The lowest BCUT2D eigenvalue weighted by Gasteiger charge is -2.31. The molecule has 0 saturated carbocycles. The molecule has 0 radical (unpaired) electrons. The van der Waals surface area contributed by atoms with Crippen LogP contribution in [0, 0.1) is 5.92 Å². The van der Waals surface area contributed by atoms with E-state index in [2.05, 4.69) is 5.32 Å². The zero-order valence-corrected chi connectivity index (χ0v) is 14.7. The fourth-order valence-electron chi connectivity index (χ4n) is 3.21. The Kier molecular flexibility index (Phi) is 6.37. The summed E-state index contributed by atoms with van der Waals surface area (Å²) in [5, 5.41) is 13.3. The molecule has 132 valence electrons. The van der Waals surface area contributed by atoms with E-state index in [1.165, 1.54) is 0 Å². The predicted octanol–water partition coefficient (Wildman–Crippen LogP) is 1.74. The highest BCUT2D eigenvalue weighted by Crippen LogP contribution is 2.19. The molecule has 1 saturated heterocycles. The van der Waals surface area contributed by atoms with Crippen LogP contribution < -0.4 is 5.32 Å².